The standard InChI is InChI=1S/2C4H9O.Al.ClH/c2*1-2-3-4-5;;/h2*2-4H2,1H3;;1H/q2*-1;+2;. The molecule has 0 N–H and O–H groups in total. The summed E-state index contributed by atoms with van der Waals surface area (Å²) in [5, 5.41) is 0. The molecule has 0 atom stereocenters. The van der Waals surface area contributed by atoms with Gasteiger partial charge in [-0.25, -0.2) is 0 Å². The summed E-state index contributed by atoms with van der Waals surface area (Å²) in [4.78, 5) is 0. The van der Waals surface area contributed by atoms with Crippen molar-refractivity contribution >= 4 is 28.3 Å². The Labute approximate surface area is 88.8 Å². The molecule has 0 fully saturated rings. The molecule has 0 heterocycles. The highest BCUT2D eigenvalue weighted by atomic mass is 35.5. The minimum atomic E-state index is -0.189. The van der Waals surface area contributed by atoms with Gasteiger partial charge in [-0.2, -0.15) is 0 Å². The van der Waals surface area contributed by atoms with Gasteiger partial charge in [0.1, 0.15) is 0 Å². The number of hydrogen-bond donors (Lipinski definition) is 0. The second-order valence-corrected chi connectivity index (χ2v) is 3.40. The van der Waals surface area contributed by atoms with Crippen LogP contribution in [0.4, 0.5) is 0 Å². The monoisotopic (exact) mass is 209 g/mol. The van der Waals surface area contributed by atoms with Crippen LogP contribution < -0.4 is 0 Å². The average Bonchev–Trinajstić information content (AvgIpc) is 2.03. The maximum Gasteiger partial charge on any atom is 0.668 e. The van der Waals surface area contributed by atoms with E-state index < -0.39 is 0 Å². The molecule has 1 radical (unpaired) electrons. The first-order chi connectivity index (χ1) is 5.41. The fraction of sp³-hybridized carbons (Fsp3) is 1.00. The summed E-state index contributed by atoms with van der Waals surface area (Å²) < 4.78 is 10.6. The third-order valence-electron chi connectivity index (χ3n) is 1.37. The molecular formula is C8H19AlClO2. The van der Waals surface area contributed by atoms with Gasteiger partial charge in [-0.05, 0) is 12.8 Å². The van der Waals surface area contributed by atoms with Crippen molar-refractivity contribution in [3.63, 3.8) is 0 Å². The first kappa shape index (κ1) is 15.2. The Hall–Kier alpha value is 0.742. The highest BCUT2D eigenvalue weighted by molar-refractivity contribution is 6.17. The van der Waals surface area contributed by atoms with Crippen LogP contribution in [0.25, 0.3) is 0 Å². The Balaban J connectivity index is 0. The Kier molecular flexibility index (Phi) is 18.1. The van der Waals surface area contributed by atoms with Gasteiger partial charge in [0.25, 0.3) is 0 Å². The molecule has 4 heteroatoms. The van der Waals surface area contributed by atoms with E-state index in [0.717, 1.165) is 26.1 Å². The van der Waals surface area contributed by atoms with Gasteiger partial charge < -0.3 is 7.58 Å². The van der Waals surface area contributed by atoms with Crippen molar-refractivity contribution < 1.29 is 7.58 Å². The predicted molar refractivity (Wildman–Crippen MR) is 54.7 cm³/mol. The van der Waals surface area contributed by atoms with Gasteiger partial charge in [-0.15, -0.1) is 12.4 Å². The molecule has 0 amide bonds. The molecule has 0 saturated carbocycles. The molecule has 0 aromatic heterocycles. The number of halogens is 1. The lowest BCUT2D eigenvalue weighted by Gasteiger charge is -2.02. The summed E-state index contributed by atoms with van der Waals surface area (Å²) in [6.45, 7) is 6.07. The first-order valence-corrected chi connectivity index (χ1v) is 5.41. The zero-order valence-electron chi connectivity index (χ0n) is 8.04. The van der Waals surface area contributed by atoms with E-state index in [1.54, 1.807) is 0 Å². The molecule has 73 valence electrons. The van der Waals surface area contributed by atoms with E-state index in [1.165, 1.54) is 12.8 Å². The van der Waals surface area contributed by atoms with E-state index in [0.29, 0.717) is 0 Å². The normalized spacial score (nSPS) is 9.17. The maximum absolute atomic E-state index is 5.28. The Morgan fingerprint density at radius 1 is 0.917 bits per heavy atom. The Morgan fingerprint density at radius 2 is 1.33 bits per heavy atom. The van der Waals surface area contributed by atoms with Crippen molar-refractivity contribution in [3.05, 3.63) is 0 Å². The highest BCUT2D eigenvalue weighted by Crippen LogP contribution is 1.89. The minimum Gasteiger partial charge on any atom is -0.484 e. The molecule has 0 aliphatic rings. The van der Waals surface area contributed by atoms with Gasteiger partial charge in [0.2, 0.25) is 0 Å². The number of unbranched alkanes of at least 4 members (excludes halogenated alkanes) is 2. The molecule has 0 saturated heterocycles. The zero-order chi connectivity index (χ0) is 8.36. The SMILES string of the molecule is CCCC[O][Al][O]CCCC.Cl. The summed E-state index contributed by atoms with van der Waals surface area (Å²) in [5.41, 5.74) is 0. The third-order valence-corrected chi connectivity index (χ3v) is 2.11. The summed E-state index contributed by atoms with van der Waals surface area (Å²) in [6, 6.07) is 0. The van der Waals surface area contributed by atoms with Crippen molar-refractivity contribution in [2.45, 2.75) is 39.5 Å². The summed E-state index contributed by atoms with van der Waals surface area (Å²) in [5.74, 6) is 0. The molecule has 0 aromatic carbocycles. The van der Waals surface area contributed by atoms with Crippen molar-refractivity contribution in [2.24, 2.45) is 0 Å². The van der Waals surface area contributed by atoms with Crippen LogP contribution in [0.15, 0.2) is 0 Å². The van der Waals surface area contributed by atoms with E-state index in [4.69, 9.17) is 7.58 Å². The van der Waals surface area contributed by atoms with Gasteiger partial charge in [0.15, 0.2) is 0 Å². The summed E-state index contributed by atoms with van der Waals surface area (Å²) >= 11 is -0.189. The molecule has 2 nitrogen and oxygen atoms in total. The first-order valence-electron chi connectivity index (χ1n) is 4.46. The van der Waals surface area contributed by atoms with E-state index in [1.807, 2.05) is 0 Å². The van der Waals surface area contributed by atoms with Gasteiger partial charge >= 0.3 is 15.9 Å². The van der Waals surface area contributed by atoms with Crippen molar-refractivity contribution in [3.8, 4) is 0 Å². The Bertz CT molecular complexity index is 66.1. The predicted octanol–water partition coefficient (Wildman–Crippen LogP) is 2.58. The van der Waals surface area contributed by atoms with Gasteiger partial charge in [-0.1, -0.05) is 26.7 Å². The van der Waals surface area contributed by atoms with Crippen LogP contribution in [0, 0.1) is 0 Å². The molecule has 12 heavy (non-hydrogen) atoms. The van der Waals surface area contributed by atoms with Crippen LogP contribution in [0.1, 0.15) is 39.5 Å². The molecule has 0 aromatic rings. The van der Waals surface area contributed by atoms with E-state index in [2.05, 4.69) is 13.8 Å². The molecule has 0 spiro atoms. The van der Waals surface area contributed by atoms with E-state index in [-0.39, 0.29) is 28.3 Å². The van der Waals surface area contributed by atoms with Crippen molar-refractivity contribution in [1.82, 2.24) is 0 Å². The van der Waals surface area contributed by atoms with Crippen molar-refractivity contribution in [2.75, 3.05) is 13.2 Å². The minimum absolute atomic E-state index is 0. The number of rotatable bonds is 8. The molecule has 0 bridgehead atoms. The lowest BCUT2D eigenvalue weighted by Crippen LogP contribution is -2.06. The van der Waals surface area contributed by atoms with Crippen LogP contribution in [-0.2, 0) is 7.58 Å². The van der Waals surface area contributed by atoms with E-state index in [9.17, 15) is 0 Å². The molecule has 0 aliphatic carbocycles. The van der Waals surface area contributed by atoms with E-state index >= 15 is 0 Å². The fourth-order valence-corrected chi connectivity index (χ4v) is 1.22. The fourth-order valence-electron chi connectivity index (χ4n) is 0.600. The average molecular weight is 210 g/mol. The highest BCUT2D eigenvalue weighted by Gasteiger charge is 1.95. The second-order valence-electron chi connectivity index (χ2n) is 2.54. The van der Waals surface area contributed by atoms with Gasteiger partial charge in [-0.3, -0.25) is 0 Å². The van der Waals surface area contributed by atoms with Crippen LogP contribution in [0.2, 0.25) is 0 Å². The van der Waals surface area contributed by atoms with Crippen LogP contribution >= 0.6 is 12.4 Å². The van der Waals surface area contributed by atoms with Crippen LogP contribution in [0.3, 0.4) is 0 Å². The molecular weight excluding hydrogens is 191 g/mol. The van der Waals surface area contributed by atoms with Gasteiger partial charge in [0, 0.05) is 13.2 Å². The number of hydrogen-bond acceptors (Lipinski definition) is 2. The van der Waals surface area contributed by atoms with Crippen LogP contribution in [-0.4, -0.2) is 29.1 Å². The van der Waals surface area contributed by atoms with Crippen molar-refractivity contribution in [1.29, 1.82) is 0 Å². The molecule has 0 aliphatic heterocycles. The topological polar surface area (TPSA) is 18.5 Å². The lowest BCUT2D eigenvalue weighted by atomic mass is 10.4. The quantitative estimate of drug-likeness (QED) is 0.452. The third kappa shape index (κ3) is 13.3. The van der Waals surface area contributed by atoms with Crippen LogP contribution in [0.5, 0.6) is 0 Å². The van der Waals surface area contributed by atoms with Gasteiger partial charge in [0.05, 0.1) is 0 Å². The largest absolute Gasteiger partial charge is 0.668 e. The summed E-state index contributed by atoms with van der Waals surface area (Å²) in [7, 11) is 0. The summed E-state index contributed by atoms with van der Waals surface area (Å²) in [6.07, 6.45) is 4.72. The smallest absolute Gasteiger partial charge is 0.484 e. The maximum atomic E-state index is 5.28. The molecule has 0 rings (SSSR count). The lowest BCUT2D eigenvalue weighted by molar-refractivity contribution is 0.216. The zero-order valence-corrected chi connectivity index (χ0v) is 10.0. The molecule has 0 unspecified atom stereocenters. The Morgan fingerprint density at radius 3 is 1.67 bits per heavy atom. The second kappa shape index (κ2) is 14.3.